The molecule has 0 aliphatic carbocycles. The van der Waals surface area contributed by atoms with Crippen molar-refractivity contribution in [2.24, 2.45) is 0 Å². The predicted octanol–water partition coefficient (Wildman–Crippen LogP) is 3.40. The number of carboxylic acids is 2. The Labute approximate surface area is 158 Å². The van der Waals surface area contributed by atoms with Crippen LogP contribution < -0.4 is 0 Å². The molecule has 0 saturated heterocycles. The van der Waals surface area contributed by atoms with Crippen molar-refractivity contribution >= 4 is 22.8 Å². The average Bonchev–Trinajstić information content (AvgIpc) is 3.05. The van der Waals surface area contributed by atoms with E-state index < -0.39 is 11.9 Å². The molecule has 27 heavy (non-hydrogen) atoms. The first-order valence-electron chi connectivity index (χ1n) is 8.57. The second-order valence-corrected chi connectivity index (χ2v) is 6.50. The third-order valence-electron chi connectivity index (χ3n) is 4.28. The predicted molar refractivity (Wildman–Crippen MR) is 106 cm³/mol. The molecule has 0 atom stereocenters. The van der Waals surface area contributed by atoms with Gasteiger partial charge in [0.05, 0.1) is 0 Å². The number of hydrogen-bond acceptors (Lipinski definition) is 3. The van der Waals surface area contributed by atoms with Gasteiger partial charge in [0.25, 0.3) is 0 Å². The van der Waals surface area contributed by atoms with Gasteiger partial charge < -0.3 is 20.1 Å². The van der Waals surface area contributed by atoms with Crippen molar-refractivity contribution in [2.75, 3.05) is 20.6 Å². The minimum atomic E-state index is -1.82. The van der Waals surface area contributed by atoms with Crippen LogP contribution in [0.2, 0.25) is 0 Å². The molecule has 3 aromatic rings. The van der Waals surface area contributed by atoms with Gasteiger partial charge in [-0.15, -0.1) is 0 Å². The highest BCUT2D eigenvalue weighted by molar-refractivity contribution is 6.27. The normalized spacial score (nSPS) is 10.5. The van der Waals surface area contributed by atoms with Crippen LogP contribution in [0.3, 0.4) is 0 Å². The number of aryl methyl sites for hydroxylation is 1. The van der Waals surface area contributed by atoms with Gasteiger partial charge >= 0.3 is 11.9 Å². The van der Waals surface area contributed by atoms with Gasteiger partial charge in [-0.25, -0.2) is 9.59 Å². The molecule has 0 aliphatic rings. The number of likely N-dealkylation sites (N-methyl/N-ethyl adjacent to an activating group) is 1. The Kier molecular flexibility index (Phi) is 6.73. The summed E-state index contributed by atoms with van der Waals surface area (Å²) in [6, 6.07) is 15.0. The summed E-state index contributed by atoms with van der Waals surface area (Å²) in [5.74, 6) is -3.65. The molecule has 3 N–H and O–H groups in total. The number of benzene rings is 2. The minimum absolute atomic E-state index is 1.07. The van der Waals surface area contributed by atoms with Crippen LogP contribution in [0, 0.1) is 6.92 Å². The average molecular weight is 368 g/mol. The van der Waals surface area contributed by atoms with E-state index in [0.29, 0.717) is 0 Å². The number of aromatic nitrogens is 1. The molecule has 0 bridgehead atoms. The summed E-state index contributed by atoms with van der Waals surface area (Å²) >= 11 is 0. The summed E-state index contributed by atoms with van der Waals surface area (Å²) in [4.78, 5) is 23.8. The van der Waals surface area contributed by atoms with E-state index in [1.165, 1.54) is 33.2 Å². The summed E-state index contributed by atoms with van der Waals surface area (Å²) in [6.45, 7) is 3.31. The Bertz CT molecular complexity index is 918. The molecule has 6 heteroatoms. The summed E-state index contributed by atoms with van der Waals surface area (Å²) < 4.78 is 0. The maximum Gasteiger partial charge on any atom is 0.414 e. The van der Waals surface area contributed by atoms with Crippen LogP contribution in [-0.4, -0.2) is 52.7 Å². The largest absolute Gasteiger partial charge is 0.473 e. The monoisotopic (exact) mass is 368 g/mol. The fourth-order valence-corrected chi connectivity index (χ4v) is 2.95. The van der Waals surface area contributed by atoms with Gasteiger partial charge in [-0.3, -0.25) is 0 Å². The molecular weight excluding hydrogens is 344 g/mol. The smallest absolute Gasteiger partial charge is 0.414 e. The topological polar surface area (TPSA) is 93.6 Å². The number of nitrogens with zero attached hydrogens (tertiary/aromatic N) is 1. The molecule has 1 heterocycles. The molecule has 0 saturated carbocycles. The first-order valence-corrected chi connectivity index (χ1v) is 8.57. The Hall–Kier alpha value is -3.12. The molecule has 0 spiro atoms. The zero-order valence-corrected chi connectivity index (χ0v) is 15.7. The second kappa shape index (κ2) is 9.00. The van der Waals surface area contributed by atoms with Gasteiger partial charge in [0, 0.05) is 23.6 Å². The standard InChI is InChI=1S/C19H22N2.C2H2O4/c1-14-17(15-7-5-4-6-8-15)9-10-18-19(14)16(13-20-18)11-12-21(2)3;3-1(4)2(5)6/h4-10,13,20H,11-12H2,1-3H3;(H,3,4)(H,5,6). The van der Waals surface area contributed by atoms with E-state index in [0.717, 1.165) is 13.0 Å². The first kappa shape index (κ1) is 20.2. The van der Waals surface area contributed by atoms with Gasteiger partial charge in [0.1, 0.15) is 0 Å². The van der Waals surface area contributed by atoms with Crippen LogP contribution in [0.15, 0.2) is 48.7 Å². The van der Waals surface area contributed by atoms with Crippen LogP contribution in [0.1, 0.15) is 11.1 Å². The highest BCUT2D eigenvalue weighted by Crippen LogP contribution is 2.31. The van der Waals surface area contributed by atoms with Crippen LogP contribution in [0.5, 0.6) is 0 Å². The number of aliphatic carboxylic acids is 2. The number of hydrogen-bond donors (Lipinski definition) is 3. The first-order chi connectivity index (χ1) is 12.8. The molecule has 0 fully saturated rings. The number of fused-ring (bicyclic) bond motifs is 1. The zero-order chi connectivity index (χ0) is 20.0. The van der Waals surface area contributed by atoms with Crippen LogP contribution in [-0.2, 0) is 16.0 Å². The maximum atomic E-state index is 9.10. The van der Waals surface area contributed by atoms with E-state index in [-0.39, 0.29) is 0 Å². The lowest BCUT2D eigenvalue weighted by molar-refractivity contribution is -0.159. The fourth-order valence-electron chi connectivity index (χ4n) is 2.95. The molecule has 142 valence electrons. The van der Waals surface area contributed by atoms with Gasteiger partial charge in [0.15, 0.2) is 0 Å². The minimum Gasteiger partial charge on any atom is -0.473 e. The van der Waals surface area contributed by atoms with E-state index in [4.69, 9.17) is 19.8 Å². The molecule has 1 aromatic heterocycles. The van der Waals surface area contributed by atoms with E-state index in [1.807, 2.05) is 0 Å². The van der Waals surface area contributed by atoms with Crippen molar-refractivity contribution in [3.63, 3.8) is 0 Å². The van der Waals surface area contributed by atoms with Gasteiger partial charge in [0.2, 0.25) is 0 Å². The molecule has 2 aromatic carbocycles. The van der Waals surface area contributed by atoms with Gasteiger partial charge in [-0.2, -0.15) is 0 Å². The van der Waals surface area contributed by atoms with E-state index >= 15 is 0 Å². The van der Waals surface area contributed by atoms with Crippen molar-refractivity contribution in [1.29, 1.82) is 0 Å². The second-order valence-electron chi connectivity index (χ2n) is 6.50. The molecular formula is C21H24N2O4. The van der Waals surface area contributed by atoms with Gasteiger partial charge in [-0.1, -0.05) is 36.4 Å². The summed E-state index contributed by atoms with van der Waals surface area (Å²) in [6.07, 6.45) is 3.24. The lowest BCUT2D eigenvalue weighted by atomic mass is 9.95. The molecule has 0 aliphatic heterocycles. The molecule has 0 amide bonds. The number of nitrogens with one attached hydrogen (secondary N) is 1. The van der Waals surface area contributed by atoms with Crippen molar-refractivity contribution in [3.05, 3.63) is 59.8 Å². The molecule has 0 unspecified atom stereocenters. The Morgan fingerprint density at radius 2 is 1.63 bits per heavy atom. The highest BCUT2D eigenvalue weighted by atomic mass is 16.4. The third kappa shape index (κ3) is 5.18. The van der Waals surface area contributed by atoms with E-state index in [2.05, 4.69) is 79.6 Å². The van der Waals surface area contributed by atoms with E-state index in [9.17, 15) is 0 Å². The highest BCUT2D eigenvalue weighted by Gasteiger charge is 2.11. The molecule has 0 radical (unpaired) electrons. The number of rotatable bonds is 4. The lowest BCUT2D eigenvalue weighted by Gasteiger charge is -2.11. The van der Waals surface area contributed by atoms with Crippen LogP contribution in [0.25, 0.3) is 22.0 Å². The summed E-state index contributed by atoms with van der Waals surface area (Å²) in [5, 5.41) is 16.2. The van der Waals surface area contributed by atoms with E-state index in [1.54, 1.807) is 0 Å². The van der Waals surface area contributed by atoms with Gasteiger partial charge in [-0.05, 0) is 55.8 Å². The van der Waals surface area contributed by atoms with Crippen molar-refractivity contribution in [2.45, 2.75) is 13.3 Å². The summed E-state index contributed by atoms with van der Waals surface area (Å²) in [7, 11) is 4.24. The quantitative estimate of drug-likeness (QED) is 0.614. The Morgan fingerprint density at radius 3 is 2.19 bits per heavy atom. The zero-order valence-electron chi connectivity index (χ0n) is 15.7. The number of carbonyl (C=O) groups is 2. The van der Waals surface area contributed by atoms with Crippen LogP contribution >= 0.6 is 0 Å². The Morgan fingerprint density at radius 1 is 1.00 bits per heavy atom. The van der Waals surface area contributed by atoms with Crippen molar-refractivity contribution in [3.8, 4) is 11.1 Å². The van der Waals surface area contributed by atoms with Crippen molar-refractivity contribution < 1.29 is 19.8 Å². The number of carboxylic acid groups (broad SMARTS) is 2. The summed E-state index contributed by atoms with van der Waals surface area (Å²) in [5.41, 5.74) is 6.63. The number of H-pyrrole nitrogens is 1. The number of aromatic amines is 1. The molecule has 6 nitrogen and oxygen atoms in total. The lowest BCUT2D eigenvalue weighted by Crippen LogP contribution is -2.14. The SMILES string of the molecule is Cc1c(-c2ccccc2)ccc2[nH]cc(CCN(C)C)c12.O=C(O)C(=O)O. The fraction of sp³-hybridized carbons (Fsp3) is 0.238. The maximum absolute atomic E-state index is 9.10. The van der Waals surface area contributed by atoms with Crippen LogP contribution in [0.4, 0.5) is 0 Å². The van der Waals surface area contributed by atoms with Crippen molar-refractivity contribution in [1.82, 2.24) is 9.88 Å². The molecule has 3 rings (SSSR count). The Balaban J connectivity index is 0.000000380. The third-order valence-corrected chi connectivity index (χ3v) is 4.28.